The molecule has 1 aromatic heterocycles. The first-order chi connectivity index (χ1) is 14.6. The molecule has 166 valence electrons. The third kappa shape index (κ3) is 4.61. The first kappa shape index (κ1) is 21.4. The minimum atomic E-state index is -4.76. The van der Waals surface area contributed by atoms with Gasteiger partial charge in [-0.25, -0.2) is 0 Å². The van der Waals surface area contributed by atoms with Crippen LogP contribution < -0.4 is 10.3 Å². The van der Waals surface area contributed by atoms with Gasteiger partial charge in [0.25, 0.3) is 5.56 Å². The maximum Gasteiger partial charge on any atom is 0.573 e. The van der Waals surface area contributed by atoms with Crippen LogP contribution in [0.4, 0.5) is 13.2 Å². The van der Waals surface area contributed by atoms with Gasteiger partial charge in [-0.15, -0.1) is 13.2 Å². The van der Waals surface area contributed by atoms with E-state index in [4.69, 9.17) is 0 Å². The number of amides is 1. The molecule has 9 heteroatoms. The van der Waals surface area contributed by atoms with Crippen molar-refractivity contribution >= 4 is 5.91 Å². The lowest BCUT2D eigenvalue weighted by Crippen LogP contribution is -2.51. The molecule has 31 heavy (non-hydrogen) atoms. The minimum Gasteiger partial charge on any atom is -0.406 e. The van der Waals surface area contributed by atoms with Gasteiger partial charge in [0, 0.05) is 36.8 Å². The van der Waals surface area contributed by atoms with Crippen molar-refractivity contribution in [1.29, 1.82) is 0 Å². The van der Waals surface area contributed by atoms with E-state index in [0.717, 1.165) is 12.1 Å². The summed E-state index contributed by atoms with van der Waals surface area (Å²) >= 11 is 0. The van der Waals surface area contributed by atoms with E-state index in [-0.39, 0.29) is 29.1 Å². The van der Waals surface area contributed by atoms with E-state index in [1.165, 1.54) is 24.3 Å². The van der Waals surface area contributed by atoms with Crippen molar-refractivity contribution in [3.63, 3.8) is 0 Å². The van der Waals surface area contributed by atoms with Gasteiger partial charge < -0.3 is 19.1 Å². The Labute approximate surface area is 177 Å². The van der Waals surface area contributed by atoms with Crippen LogP contribution in [0.15, 0.2) is 41.2 Å². The smallest absolute Gasteiger partial charge is 0.406 e. The molecule has 1 amide bonds. The van der Waals surface area contributed by atoms with E-state index in [9.17, 15) is 22.8 Å². The molecule has 0 radical (unpaired) electrons. The number of rotatable bonds is 4. The zero-order valence-electron chi connectivity index (χ0n) is 17.4. The molecular formula is C22H24F3N3O3. The number of carbonyl (C=O) groups is 1. The van der Waals surface area contributed by atoms with Crippen LogP contribution in [-0.2, 0) is 11.3 Å². The molecule has 1 aromatic carbocycles. The van der Waals surface area contributed by atoms with Gasteiger partial charge in [-0.3, -0.25) is 9.59 Å². The summed E-state index contributed by atoms with van der Waals surface area (Å²) in [4.78, 5) is 29.4. The maximum atomic E-state index is 13.2. The van der Waals surface area contributed by atoms with Gasteiger partial charge in [-0.1, -0.05) is 12.1 Å². The Morgan fingerprint density at radius 1 is 1.10 bits per heavy atom. The SMILES string of the molecule is CN(C)CC(=O)N1CC2CC(C1)c1ccc(-c3ccc(OC(F)(F)F)cc3)c(=O)n1C2. The fourth-order valence-corrected chi connectivity index (χ4v) is 4.58. The average molecular weight is 435 g/mol. The number of alkyl halides is 3. The zero-order valence-corrected chi connectivity index (χ0v) is 17.4. The second-order valence-corrected chi connectivity index (χ2v) is 8.49. The summed E-state index contributed by atoms with van der Waals surface area (Å²) in [6, 6.07) is 8.93. The van der Waals surface area contributed by atoms with E-state index < -0.39 is 6.36 Å². The Morgan fingerprint density at radius 2 is 1.81 bits per heavy atom. The summed E-state index contributed by atoms with van der Waals surface area (Å²) < 4.78 is 42.8. The van der Waals surface area contributed by atoms with Gasteiger partial charge in [0.05, 0.1) is 6.54 Å². The van der Waals surface area contributed by atoms with E-state index in [2.05, 4.69) is 4.74 Å². The monoisotopic (exact) mass is 435 g/mol. The molecule has 6 nitrogen and oxygen atoms in total. The molecule has 0 N–H and O–H groups in total. The molecular weight excluding hydrogens is 411 g/mol. The van der Waals surface area contributed by atoms with Crippen molar-refractivity contribution in [2.24, 2.45) is 5.92 Å². The quantitative estimate of drug-likeness (QED) is 0.741. The van der Waals surface area contributed by atoms with Gasteiger partial charge in [-0.05, 0) is 56.3 Å². The van der Waals surface area contributed by atoms with Crippen molar-refractivity contribution in [2.75, 3.05) is 33.7 Å². The van der Waals surface area contributed by atoms with Crippen molar-refractivity contribution in [3.8, 4) is 16.9 Å². The Balaban J connectivity index is 1.58. The van der Waals surface area contributed by atoms with Crippen LogP contribution in [0.2, 0.25) is 0 Å². The largest absolute Gasteiger partial charge is 0.573 e. The van der Waals surface area contributed by atoms with Crippen LogP contribution in [0, 0.1) is 5.92 Å². The van der Waals surface area contributed by atoms with Crippen LogP contribution in [0.3, 0.4) is 0 Å². The fourth-order valence-electron chi connectivity index (χ4n) is 4.58. The molecule has 3 heterocycles. The number of fused-ring (bicyclic) bond motifs is 4. The number of carbonyl (C=O) groups excluding carboxylic acids is 1. The average Bonchev–Trinajstić information content (AvgIpc) is 2.68. The second kappa shape index (κ2) is 8.03. The molecule has 1 fully saturated rings. The summed E-state index contributed by atoms with van der Waals surface area (Å²) in [7, 11) is 3.72. The molecule has 2 bridgehead atoms. The highest BCUT2D eigenvalue weighted by Gasteiger charge is 2.36. The Bertz CT molecular complexity index is 1030. The second-order valence-electron chi connectivity index (χ2n) is 8.49. The number of piperidine rings is 1. The van der Waals surface area contributed by atoms with Crippen LogP contribution in [0.5, 0.6) is 5.75 Å². The van der Waals surface area contributed by atoms with Gasteiger partial charge in [-0.2, -0.15) is 0 Å². The molecule has 2 aliphatic rings. The number of nitrogens with zero attached hydrogens (tertiary/aromatic N) is 3. The summed E-state index contributed by atoms with van der Waals surface area (Å²) in [6.45, 7) is 2.10. The molecule has 2 atom stereocenters. The maximum absolute atomic E-state index is 13.2. The molecule has 0 saturated carbocycles. The molecule has 0 aliphatic carbocycles. The molecule has 2 aliphatic heterocycles. The van der Waals surface area contributed by atoms with E-state index in [0.29, 0.717) is 37.3 Å². The highest BCUT2D eigenvalue weighted by Crippen LogP contribution is 2.36. The number of halogens is 3. The fraction of sp³-hybridized carbons (Fsp3) is 0.455. The first-order valence-electron chi connectivity index (χ1n) is 10.1. The molecule has 2 aromatic rings. The van der Waals surface area contributed by atoms with Crippen molar-refractivity contribution < 1.29 is 22.7 Å². The van der Waals surface area contributed by atoms with Gasteiger partial charge in [0.1, 0.15) is 5.75 Å². The predicted octanol–water partition coefficient (Wildman–Crippen LogP) is 2.92. The summed E-state index contributed by atoms with van der Waals surface area (Å²) in [5, 5.41) is 0. The van der Waals surface area contributed by atoms with Crippen LogP contribution in [0.25, 0.3) is 11.1 Å². The van der Waals surface area contributed by atoms with Crippen molar-refractivity contribution in [3.05, 3.63) is 52.4 Å². The lowest BCUT2D eigenvalue weighted by atomic mass is 9.82. The van der Waals surface area contributed by atoms with E-state index >= 15 is 0 Å². The number of likely N-dealkylation sites (tertiary alicyclic amines) is 1. The number of likely N-dealkylation sites (N-methyl/N-ethyl adjacent to an activating group) is 1. The lowest BCUT2D eigenvalue weighted by Gasteiger charge is -2.43. The number of benzene rings is 1. The predicted molar refractivity (Wildman–Crippen MR) is 109 cm³/mol. The number of aromatic nitrogens is 1. The van der Waals surface area contributed by atoms with E-state index in [1.807, 2.05) is 30.0 Å². The Morgan fingerprint density at radius 3 is 2.45 bits per heavy atom. The summed E-state index contributed by atoms with van der Waals surface area (Å²) in [6.07, 6.45) is -3.82. The Kier molecular flexibility index (Phi) is 5.55. The molecule has 1 saturated heterocycles. The van der Waals surface area contributed by atoms with E-state index in [1.54, 1.807) is 10.6 Å². The van der Waals surface area contributed by atoms with Crippen LogP contribution in [0.1, 0.15) is 18.0 Å². The zero-order chi connectivity index (χ0) is 22.3. The molecule has 4 rings (SSSR count). The Hall–Kier alpha value is -2.81. The van der Waals surface area contributed by atoms with Crippen LogP contribution in [-0.4, -0.2) is 60.4 Å². The highest BCUT2D eigenvalue weighted by molar-refractivity contribution is 5.78. The van der Waals surface area contributed by atoms with Crippen molar-refractivity contribution in [2.45, 2.75) is 25.2 Å². The van der Waals surface area contributed by atoms with Gasteiger partial charge in [0.15, 0.2) is 0 Å². The van der Waals surface area contributed by atoms with Crippen LogP contribution >= 0.6 is 0 Å². The molecule has 2 unspecified atom stereocenters. The molecule has 0 spiro atoms. The van der Waals surface area contributed by atoms with Gasteiger partial charge >= 0.3 is 6.36 Å². The highest BCUT2D eigenvalue weighted by atomic mass is 19.4. The first-order valence-corrected chi connectivity index (χ1v) is 10.1. The number of pyridine rings is 1. The third-order valence-electron chi connectivity index (χ3n) is 5.81. The standard InChI is InChI=1S/C22H24F3N3O3/c1-26(2)13-20(29)27-10-14-9-16(12-27)19-8-7-18(21(30)28(19)11-14)15-3-5-17(6-4-15)31-22(23,24)25/h3-8,14,16H,9-13H2,1-2H3. The minimum absolute atomic E-state index is 0.0910. The number of hydrogen-bond donors (Lipinski definition) is 0. The third-order valence-corrected chi connectivity index (χ3v) is 5.81. The number of ether oxygens (including phenoxy) is 1. The number of hydrogen-bond acceptors (Lipinski definition) is 4. The summed E-state index contributed by atoms with van der Waals surface area (Å²) in [5.74, 6) is 0.0652. The van der Waals surface area contributed by atoms with Gasteiger partial charge in [0.2, 0.25) is 5.91 Å². The summed E-state index contributed by atoms with van der Waals surface area (Å²) in [5.41, 5.74) is 1.71. The normalized spacial score (nSPS) is 20.5. The topological polar surface area (TPSA) is 54.8 Å². The van der Waals surface area contributed by atoms with Crippen molar-refractivity contribution in [1.82, 2.24) is 14.4 Å². The lowest BCUT2D eigenvalue weighted by molar-refractivity contribution is -0.274.